The number of fused-ring (bicyclic) bond motifs is 16. The van der Waals surface area contributed by atoms with E-state index in [1.54, 1.807) is 0 Å². The Labute approximate surface area is 346 Å². The van der Waals surface area contributed by atoms with Gasteiger partial charge in [0.2, 0.25) is 0 Å². The maximum Gasteiger partial charge on any atom is 0.194 e. The lowest BCUT2D eigenvalue weighted by atomic mass is 9.70. The molecule has 4 heteroatoms. The Kier molecular flexibility index (Phi) is 6.93. The standard InChI is InChI=1S/C55H35NO2S/c1-2-16-35(17-3-1)56(36-18-12-15-34(33-36)37-23-13-24-41-40-21-7-11-30-50(40)59-54(37)41)47-28-14-29-48-52(47)57-49-32-31-46-51(53(49)58-48)42-22-6-10-27-45(42)55(46)43-25-8-4-19-38(43)39-20-5-9-26-44(39)55/h1-2,4-16,18-33H,3,17H2. The average molecular weight is 774 g/mol. The molecule has 8 aromatic carbocycles. The minimum atomic E-state index is -0.456. The first-order valence-electron chi connectivity index (χ1n) is 20.4. The second kappa shape index (κ2) is 12.4. The second-order valence-electron chi connectivity index (χ2n) is 15.8. The van der Waals surface area contributed by atoms with Crippen molar-refractivity contribution in [3.05, 3.63) is 216 Å². The van der Waals surface area contributed by atoms with Gasteiger partial charge < -0.3 is 14.4 Å². The van der Waals surface area contributed by atoms with Crippen LogP contribution in [0, 0.1) is 0 Å². The van der Waals surface area contributed by atoms with E-state index in [9.17, 15) is 0 Å². The highest BCUT2D eigenvalue weighted by atomic mass is 32.1. The zero-order valence-corrected chi connectivity index (χ0v) is 32.8. The predicted octanol–water partition coefficient (Wildman–Crippen LogP) is 15.3. The molecular weight excluding hydrogens is 739 g/mol. The first kappa shape index (κ1) is 32.9. The first-order chi connectivity index (χ1) is 29.3. The van der Waals surface area contributed by atoms with Gasteiger partial charge in [-0.25, -0.2) is 0 Å². The van der Waals surface area contributed by atoms with E-state index < -0.39 is 5.41 Å². The van der Waals surface area contributed by atoms with E-state index in [-0.39, 0.29) is 0 Å². The fraction of sp³-hybridized carbons (Fsp3) is 0.0545. The van der Waals surface area contributed by atoms with Gasteiger partial charge in [0.05, 0.1) is 11.1 Å². The molecule has 59 heavy (non-hydrogen) atoms. The number of benzene rings is 8. The molecule has 0 amide bonds. The summed E-state index contributed by atoms with van der Waals surface area (Å²) in [5, 5.41) is 2.61. The number of hydrogen-bond donors (Lipinski definition) is 0. The normalized spacial score (nSPS) is 14.7. The average Bonchev–Trinajstić information content (AvgIpc) is 3.93. The molecule has 0 N–H and O–H groups in total. The number of nitrogens with zero attached hydrogens (tertiary/aromatic N) is 1. The van der Waals surface area contributed by atoms with Gasteiger partial charge >= 0.3 is 0 Å². The molecule has 1 spiro atoms. The van der Waals surface area contributed by atoms with Crippen molar-refractivity contribution >= 4 is 42.9 Å². The van der Waals surface area contributed by atoms with Crippen LogP contribution in [0.2, 0.25) is 0 Å². The van der Waals surface area contributed by atoms with Gasteiger partial charge in [-0.05, 0) is 105 Å². The van der Waals surface area contributed by atoms with Crippen LogP contribution in [0.4, 0.5) is 11.4 Å². The summed E-state index contributed by atoms with van der Waals surface area (Å²) in [5.41, 5.74) is 15.2. The predicted molar refractivity (Wildman–Crippen MR) is 243 cm³/mol. The number of rotatable bonds is 4. The van der Waals surface area contributed by atoms with Crippen LogP contribution in [0.1, 0.15) is 35.1 Å². The monoisotopic (exact) mass is 773 g/mol. The van der Waals surface area contributed by atoms with Crippen LogP contribution in [-0.4, -0.2) is 0 Å². The molecular formula is C55H35NO2S. The van der Waals surface area contributed by atoms with Crippen molar-refractivity contribution in [3.8, 4) is 56.4 Å². The number of anilines is 2. The van der Waals surface area contributed by atoms with Crippen molar-refractivity contribution < 1.29 is 9.47 Å². The third-order valence-electron chi connectivity index (χ3n) is 12.8. The largest absolute Gasteiger partial charge is 0.449 e. The van der Waals surface area contributed by atoms with Gasteiger partial charge in [0.25, 0.3) is 0 Å². The third kappa shape index (κ3) is 4.52. The van der Waals surface area contributed by atoms with Crippen LogP contribution in [0.3, 0.4) is 0 Å². The number of thiophene rings is 1. The highest BCUT2D eigenvalue weighted by Gasteiger charge is 2.53. The summed E-state index contributed by atoms with van der Waals surface area (Å²) in [6, 6.07) is 61.7. The van der Waals surface area contributed by atoms with E-state index in [0.29, 0.717) is 11.5 Å². The number of ether oxygens (including phenoxy) is 2. The van der Waals surface area contributed by atoms with Crippen molar-refractivity contribution in [2.45, 2.75) is 18.3 Å². The quantitative estimate of drug-likeness (QED) is 0.178. The van der Waals surface area contributed by atoms with Crippen LogP contribution in [0.15, 0.2) is 194 Å². The highest BCUT2D eigenvalue weighted by Crippen LogP contribution is 2.66. The van der Waals surface area contributed by atoms with Crippen LogP contribution >= 0.6 is 11.3 Å². The lowest BCUT2D eigenvalue weighted by Crippen LogP contribution is -2.25. The molecule has 0 radical (unpaired) electrons. The summed E-state index contributed by atoms with van der Waals surface area (Å²) < 4.78 is 16.9. The van der Waals surface area contributed by atoms with Crippen molar-refractivity contribution in [3.63, 3.8) is 0 Å². The molecule has 1 aliphatic heterocycles. The van der Waals surface area contributed by atoms with Crippen LogP contribution in [0.5, 0.6) is 23.0 Å². The zero-order chi connectivity index (χ0) is 38.7. The molecule has 0 unspecified atom stereocenters. The topological polar surface area (TPSA) is 21.7 Å². The molecule has 13 rings (SSSR count). The molecule has 1 aromatic heterocycles. The summed E-state index contributed by atoms with van der Waals surface area (Å²) >= 11 is 1.87. The SMILES string of the molecule is C1=CCCC(N(c2cccc(-c3cccc4c3sc3ccccc34)c2)c2cccc3c2Oc2ccc4c(c2O3)-c2ccccc2C42c3ccccc3-c3ccccc32)=C1. The van der Waals surface area contributed by atoms with Crippen molar-refractivity contribution in [1.29, 1.82) is 0 Å². The van der Waals surface area contributed by atoms with Gasteiger partial charge in [0.15, 0.2) is 23.0 Å². The lowest BCUT2D eigenvalue weighted by molar-refractivity contribution is 0.361. The van der Waals surface area contributed by atoms with Gasteiger partial charge in [-0.15, -0.1) is 11.3 Å². The molecule has 0 saturated carbocycles. The first-order valence-corrected chi connectivity index (χ1v) is 21.2. The van der Waals surface area contributed by atoms with Gasteiger partial charge in [-0.2, -0.15) is 0 Å². The Bertz CT molecular complexity index is 3270. The molecule has 3 nitrogen and oxygen atoms in total. The van der Waals surface area contributed by atoms with E-state index in [4.69, 9.17) is 9.47 Å². The van der Waals surface area contributed by atoms with Gasteiger partial charge in [-0.1, -0.05) is 146 Å². The zero-order valence-electron chi connectivity index (χ0n) is 32.0. The second-order valence-corrected chi connectivity index (χ2v) is 16.9. The smallest absolute Gasteiger partial charge is 0.194 e. The highest BCUT2D eigenvalue weighted by molar-refractivity contribution is 7.26. The summed E-state index contributed by atoms with van der Waals surface area (Å²) in [6.45, 7) is 0. The molecule has 2 heterocycles. The van der Waals surface area contributed by atoms with E-state index in [2.05, 4.69) is 187 Å². The van der Waals surface area contributed by atoms with Crippen molar-refractivity contribution in [1.82, 2.24) is 0 Å². The molecule has 0 bridgehead atoms. The molecule has 4 aliphatic rings. The third-order valence-corrected chi connectivity index (χ3v) is 14.0. The lowest BCUT2D eigenvalue weighted by Gasteiger charge is -2.33. The van der Waals surface area contributed by atoms with Gasteiger partial charge in [0.1, 0.15) is 0 Å². The maximum absolute atomic E-state index is 7.16. The summed E-state index contributed by atoms with van der Waals surface area (Å²) in [5.74, 6) is 2.91. The van der Waals surface area contributed by atoms with Gasteiger partial charge in [0, 0.05) is 37.1 Å². The molecule has 0 atom stereocenters. The van der Waals surface area contributed by atoms with E-state index in [1.807, 2.05) is 17.4 Å². The fourth-order valence-corrected chi connectivity index (χ4v) is 11.7. The minimum Gasteiger partial charge on any atom is -0.449 e. The van der Waals surface area contributed by atoms with Crippen molar-refractivity contribution in [2.24, 2.45) is 0 Å². The summed E-state index contributed by atoms with van der Waals surface area (Å²) in [4.78, 5) is 2.37. The molecule has 0 fully saturated rings. The van der Waals surface area contributed by atoms with E-state index in [0.717, 1.165) is 41.3 Å². The number of hydrogen-bond acceptors (Lipinski definition) is 4. The Morgan fingerprint density at radius 3 is 2.00 bits per heavy atom. The van der Waals surface area contributed by atoms with Crippen LogP contribution in [0.25, 0.3) is 53.6 Å². The number of para-hydroxylation sites is 1. The van der Waals surface area contributed by atoms with Gasteiger partial charge in [-0.3, -0.25) is 0 Å². The molecule has 278 valence electrons. The maximum atomic E-state index is 7.16. The summed E-state index contributed by atoms with van der Waals surface area (Å²) in [7, 11) is 0. The minimum absolute atomic E-state index is 0.456. The van der Waals surface area contributed by atoms with Crippen LogP contribution in [-0.2, 0) is 5.41 Å². The van der Waals surface area contributed by atoms with E-state index >= 15 is 0 Å². The molecule has 9 aromatic rings. The Morgan fingerprint density at radius 1 is 0.525 bits per heavy atom. The summed E-state index contributed by atoms with van der Waals surface area (Å²) in [6.07, 6.45) is 8.52. The molecule has 3 aliphatic carbocycles. The Morgan fingerprint density at radius 2 is 1.19 bits per heavy atom. The van der Waals surface area contributed by atoms with E-state index in [1.165, 1.54) is 75.9 Å². The van der Waals surface area contributed by atoms with Crippen LogP contribution < -0.4 is 14.4 Å². The van der Waals surface area contributed by atoms with Crippen molar-refractivity contribution in [2.75, 3.05) is 4.90 Å². The fourth-order valence-electron chi connectivity index (χ4n) is 10.4. The molecule has 0 saturated heterocycles. The Hall–Kier alpha value is -7.14. The Balaban J connectivity index is 0.964. The number of allylic oxidation sites excluding steroid dienone is 4.